The van der Waals surface area contributed by atoms with Gasteiger partial charge in [0.25, 0.3) is 0 Å². The van der Waals surface area contributed by atoms with Crippen LogP contribution in [0.3, 0.4) is 0 Å². The molecule has 0 radical (unpaired) electrons. The van der Waals surface area contributed by atoms with Crippen LogP contribution in [0, 0.1) is 0 Å². The topological polar surface area (TPSA) is 0 Å². The van der Waals surface area contributed by atoms with E-state index in [0.29, 0.717) is 4.71 Å². The van der Waals surface area contributed by atoms with Crippen LogP contribution in [0.2, 0.25) is 0 Å². The van der Waals surface area contributed by atoms with Gasteiger partial charge in [0.05, 0.1) is 0 Å². The normalized spacial score (nSPS) is 13.1. The first-order chi connectivity index (χ1) is 13.3. The van der Waals surface area contributed by atoms with Crippen molar-refractivity contribution in [3.63, 3.8) is 0 Å². The van der Waals surface area contributed by atoms with E-state index in [2.05, 4.69) is 128 Å². The molecule has 0 aliphatic heterocycles. The molecule has 4 aromatic rings. The molecule has 0 aromatic heterocycles. The second-order valence-corrected chi connectivity index (χ2v) is 15.9. The fourth-order valence-electron chi connectivity index (χ4n) is 4.34. The average molecular weight is 412 g/mol. The van der Waals surface area contributed by atoms with E-state index in [-0.39, 0.29) is 0 Å². The zero-order valence-electron chi connectivity index (χ0n) is 15.6. The number of hydrogen-bond acceptors (Lipinski definition) is 0. The fraction of sp³-hybridized carbons (Fsp3) is 0.0769. The molecule has 1 heteroatoms. The molecule has 0 amide bonds. The van der Waals surface area contributed by atoms with Crippen LogP contribution in [0.15, 0.2) is 121 Å². The Balaban J connectivity index is 2.07. The maximum absolute atomic E-state index is 2.97. The van der Waals surface area contributed by atoms with Crippen molar-refractivity contribution in [3.05, 3.63) is 127 Å². The Labute approximate surface area is 165 Å². The van der Waals surface area contributed by atoms with Crippen molar-refractivity contribution >= 4 is 26.6 Å². The monoisotopic (exact) mass is 412 g/mol. The minimum atomic E-state index is -2.97. The van der Waals surface area contributed by atoms with Gasteiger partial charge >= 0.3 is 165 Å². The number of rotatable bonds is 5. The van der Waals surface area contributed by atoms with E-state index in [1.165, 1.54) is 18.6 Å². The van der Waals surface area contributed by atoms with Crippen molar-refractivity contribution in [1.82, 2.24) is 0 Å². The molecule has 0 heterocycles. The van der Waals surface area contributed by atoms with Crippen molar-refractivity contribution in [2.75, 3.05) is 0 Å². The van der Waals surface area contributed by atoms with Crippen LogP contribution < -0.4 is 13.1 Å². The molecule has 1 unspecified atom stereocenters. The summed E-state index contributed by atoms with van der Waals surface area (Å²) in [6.45, 7) is 2.43. The molecule has 0 saturated heterocycles. The zero-order chi connectivity index (χ0) is 18.5. The molecule has 0 bridgehead atoms. The van der Waals surface area contributed by atoms with Gasteiger partial charge in [0.1, 0.15) is 0 Å². The van der Waals surface area contributed by atoms with E-state index in [4.69, 9.17) is 0 Å². The van der Waals surface area contributed by atoms with Crippen LogP contribution in [0.4, 0.5) is 0 Å². The van der Waals surface area contributed by atoms with Gasteiger partial charge in [-0.05, 0) is 0 Å². The van der Waals surface area contributed by atoms with E-state index in [1.54, 1.807) is 0 Å². The summed E-state index contributed by atoms with van der Waals surface area (Å²) in [6, 6.07) is 44.6. The third-order valence-electron chi connectivity index (χ3n) is 5.64. The SMILES string of the molecule is CC(c1ccccc1)[AsH](c1ccccc1)(c1ccccc1)c1ccccc1. The number of benzene rings is 4. The Kier molecular flexibility index (Phi) is 5.28. The van der Waals surface area contributed by atoms with E-state index >= 15 is 0 Å². The molecule has 0 fully saturated rings. The van der Waals surface area contributed by atoms with Crippen molar-refractivity contribution in [2.24, 2.45) is 0 Å². The summed E-state index contributed by atoms with van der Waals surface area (Å²) < 4.78 is 4.97. The Hall–Kier alpha value is -2.56. The molecular weight excluding hydrogens is 387 g/mol. The molecule has 0 N–H and O–H groups in total. The first-order valence-electron chi connectivity index (χ1n) is 9.55. The van der Waals surface area contributed by atoms with Crippen LogP contribution in [-0.4, -0.2) is 13.6 Å². The van der Waals surface area contributed by atoms with Gasteiger partial charge in [0, 0.05) is 0 Å². The molecule has 0 saturated carbocycles. The van der Waals surface area contributed by atoms with Crippen LogP contribution in [0.25, 0.3) is 0 Å². The van der Waals surface area contributed by atoms with Gasteiger partial charge in [-0.1, -0.05) is 0 Å². The Bertz CT molecular complexity index is 867. The van der Waals surface area contributed by atoms with Gasteiger partial charge in [-0.2, -0.15) is 0 Å². The molecule has 0 spiro atoms. The molecule has 0 nitrogen and oxygen atoms in total. The summed E-state index contributed by atoms with van der Waals surface area (Å²) in [7, 11) is 0. The molecule has 134 valence electrons. The van der Waals surface area contributed by atoms with E-state index in [1.807, 2.05) is 0 Å². The number of hydrogen-bond donors (Lipinski definition) is 0. The van der Waals surface area contributed by atoms with Crippen molar-refractivity contribution in [3.8, 4) is 0 Å². The van der Waals surface area contributed by atoms with E-state index in [0.717, 1.165) is 0 Å². The molecule has 1 atom stereocenters. The third-order valence-corrected chi connectivity index (χ3v) is 16.9. The van der Waals surface area contributed by atoms with Gasteiger partial charge in [-0.25, -0.2) is 0 Å². The summed E-state index contributed by atoms with van der Waals surface area (Å²) in [5.74, 6) is 0. The van der Waals surface area contributed by atoms with E-state index < -0.39 is 13.6 Å². The predicted octanol–water partition coefficient (Wildman–Crippen LogP) is 4.23. The Morgan fingerprint density at radius 2 is 0.741 bits per heavy atom. The van der Waals surface area contributed by atoms with Crippen LogP contribution >= 0.6 is 0 Å². The third kappa shape index (κ3) is 3.27. The summed E-state index contributed by atoms with van der Waals surface area (Å²) >= 11 is -2.97. The fourth-order valence-corrected chi connectivity index (χ4v) is 15.6. The van der Waals surface area contributed by atoms with Crippen molar-refractivity contribution < 1.29 is 0 Å². The van der Waals surface area contributed by atoms with Gasteiger partial charge in [-0.3, -0.25) is 0 Å². The molecular formula is C26H25As. The second-order valence-electron chi connectivity index (χ2n) is 7.04. The van der Waals surface area contributed by atoms with Crippen molar-refractivity contribution in [1.29, 1.82) is 0 Å². The van der Waals surface area contributed by atoms with E-state index in [9.17, 15) is 0 Å². The summed E-state index contributed by atoms with van der Waals surface area (Å²) in [5.41, 5.74) is 1.43. The molecule has 0 aliphatic carbocycles. The minimum absolute atomic E-state index is 0.457. The van der Waals surface area contributed by atoms with Crippen molar-refractivity contribution in [2.45, 2.75) is 11.6 Å². The van der Waals surface area contributed by atoms with Crippen LogP contribution in [0.5, 0.6) is 0 Å². The van der Waals surface area contributed by atoms with Gasteiger partial charge in [-0.15, -0.1) is 0 Å². The predicted molar refractivity (Wildman–Crippen MR) is 120 cm³/mol. The Morgan fingerprint density at radius 1 is 0.444 bits per heavy atom. The zero-order valence-corrected chi connectivity index (χ0v) is 17.7. The molecule has 4 rings (SSSR count). The standard InChI is InChI=1S/C26H25As/c1-22(23-14-6-2-7-15-23)27(24-16-8-3-9-17-24,25-18-10-4-11-19-25)26-20-12-5-13-21-26/h2-22,27H,1H3. The van der Waals surface area contributed by atoms with Gasteiger partial charge in [0.15, 0.2) is 0 Å². The molecule has 4 aromatic carbocycles. The second kappa shape index (κ2) is 7.99. The molecule has 27 heavy (non-hydrogen) atoms. The van der Waals surface area contributed by atoms with Crippen LogP contribution in [0.1, 0.15) is 17.2 Å². The summed E-state index contributed by atoms with van der Waals surface area (Å²) in [4.78, 5) is 0. The first kappa shape index (κ1) is 17.8. The quantitative estimate of drug-likeness (QED) is 0.431. The van der Waals surface area contributed by atoms with Crippen LogP contribution in [-0.2, 0) is 0 Å². The average Bonchev–Trinajstić information content (AvgIpc) is 2.77. The summed E-state index contributed by atoms with van der Waals surface area (Å²) in [5, 5.41) is 0. The van der Waals surface area contributed by atoms with Gasteiger partial charge in [0.2, 0.25) is 0 Å². The maximum atomic E-state index is 2.43. The first-order valence-corrected chi connectivity index (χ1v) is 13.9. The van der Waals surface area contributed by atoms with Gasteiger partial charge < -0.3 is 0 Å². The molecule has 0 aliphatic rings. The Morgan fingerprint density at radius 3 is 1.07 bits per heavy atom. The summed E-state index contributed by atoms with van der Waals surface area (Å²) in [6.07, 6.45) is 0.